The Kier molecular flexibility index (Phi) is 3.91. The van der Waals surface area contributed by atoms with E-state index in [1.807, 2.05) is 6.07 Å². The van der Waals surface area contributed by atoms with Gasteiger partial charge in [-0.25, -0.2) is 19.9 Å². The molecule has 1 saturated carbocycles. The smallest absolute Gasteiger partial charge is 0.180 e. The van der Waals surface area contributed by atoms with Crippen molar-refractivity contribution in [3.8, 4) is 11.5 Å². The summed E-state index contributed by atoms with van der Waals surface area (Å²) in [5.74, 6) is 2.07. The molecule has 0 spiro atoms. The second kappa shape index (κ2) is 5.83. The van der Waals surface area contributed by atoms with Crippen molar-refractivity contribution in [1.82, 2.24) is 19.9 Å². The molecule has 1 fully saturated rings. The Labute approximate surface area is 126 Å². The van der Waals surface area contributed by atoms with Crippen LogP contribution in [0.15, 0.2) is 23.1 Å². The molecule has 0 bridgehead atoms. The number of aromatic nitrogens is 4. The lowest BCUT2D eigenvalue weighted by atomic mass is 10.2. The molecule has 2 aromatic heterocycles. The molecule has 6 heteroatoms. The van der Waals surface area contributed by atoms with E-state index >= 15 is 0 Å². The molecule has 2 heterocycles. The molecular formula is C14H16BrN5. The number of rotatable bonds is 5. The molecule has 0 saturated heterocycles. The minimum absolute atomic E-state index is 0.551. The zero-order valence-electron chi connectivity index (χ0n) is 11.3. The topological polar surface area (TPSA) is 63.6 Å². The minimum atomic E-state index is 0.551. The van der Waals surface area contributed by atoms with Gasteiger partial charge in [-0.1, -0.05) is 6.92 Å². The average molecular weight is 334 g/mol. The van der Waals surface area contributed by atoms with Gasteiger partial charge in [-0.2, -0.15) is 0 Å². The van der Waals surface area contributed by atoms with Crippen LogP contribution in [0.5, 0.6) is 0 Å². The van der Waals surface area contributed by atoms with Gasteiger partial charge in [-0.05, 0) is 41.3 Å². The summed E-state index contributed by atoms with van der Waals surface area (Å²) in [5, 5.41) is 3.35. The molecule has 1 aliphatic carbocycles. The van der Waals surface area contributed by atoms with Crippen molar-refractivity contribution >= 4 is 21.7 Å². The first-order chi connectivity index (χ1) is 9.79. The average Bonchev–Trinajstić information content (AvgIpc) is 3.32. The summed E-state index contributed by atoms with van der Waals surface area (Å²) < 4.78 is 0.992. The van der Waals surface area contributed by atoms with Crippen LogP contribution in [-0.2, 0) is 0 Å². The van der Waals surface area contributed by atoms with Gasteiger partial charge in [0.2, 0.25) is 0 Å². The third kappa shape index (κ3) is 2.80. The normalized spacial score (nSPS) is 14.3. The van der Waals surface area contributed by atoms with Crippen molar-refractivity contribution in [2.75, 3.05) is 11.9 Å². The first-order valence-electron chi connectivity index (χ1n) is 6.87. The fourth-order valence-electron chi connectivity index (χ4n) is 1.99. The van der Waals surface area contributed by atoms with Crippen molar-refractivity contribution in [3.05, 3.63) is 28.8 Å². The molecular weight excluding hydrogens is 318 g/mol. The largest absolute Gasteiger partial charge is 0.369 e. The van der Waals surface area contributed by atoms with Crippen LogP contribution in [0.25, 0.3) is 11.5 Å². The lowest BCUT2D eigenvalue weighted by Gasteiger charge is -2.12. The van der Waals surface area contributed by atoms with E-state index in [1.54, 1.807) is 6.20 Å². The Morgan fingerprint density at radius 1 is 1.35 bits per heavy atom. The van der Waals surface area contributed by atoms with E-state index in [1.165, 1.54) is 19.2 Å². The zero-order chi connectivity index (χ0) is 13.9. The molecule has 20 heavy (non-hydrogen) atoms. The van der Waals surface area contributed by atoms with Crippen molar-refractivity contribution < 1.29 is 0 Å². The lowest BCUT2D eigenvalue weighted by molar-refractivity contribution is 0.935. The van der Waals surface area contributed by atoms with Gasteiger partial charge < -0.3 is 5.32 Å². The predicted molar refractivity (Wildman–Crippen MR) is 81.5 cm³/mol. The molecule has 104 valence electrons. The summed E-state index contributed by atoms with van der Waals surface area (Å²) in [6.07, 6.45) is 6.69. The molecule has 1 aliphatic rings. The van der Waals surface area contributed by atoms with E-state index in [-0.39, 0.29) is 0 Å². The Bertz CT molecular complexity index is 598. The summed E-state index contributed by atoms with van der Waals surface area (Å²) in [6.45, 7) is 3.03. The van der Waals surface area contributed by atoms with Gasteiger partial charge in [0, 0.05) is 18.7 Å². The maximum Gasteiger partial charge on any atom is 0.180 e. The Hall–Kier alpha value is -1.56. The van der Waals surface area contributed by atoms with Crippen LogP contribution < -0.4 is 5.32 Å². The number of anilines is 1. The molecule has 5 nitrogen and oxygen atoms in total. The van der Waals surface area contributed by atoms with Crippen LogP contribution in [0.2, 0.25) is 0 Å². The first-order valence-corrected chi connectivity index (χ1v) is 7.66. The third-order valence-electron chi connectivity index (χ3n) is 3.19. The summed E-state index contributed by atoms with van der Waals surface area (Å²) >= 11 is 3.64. The molecule has 0 radical (unpaired) electrons. The van der Waals surface area contributed by atoms with Crippen LogP contribution in [-0.4, -0.2) is 26.5 Å². The molecule has 0 atom stereocenters. The number of nitrogens with one attached hydrogen (secondary N) is 1. The van der Waals surface area contributed by atoms with Crippen molar-refractivity contribution in [2.45, 2.75) is 32.1 Å². The van der Waals surface area contributed by atoms with E-state index in [4.69, 9.17) is 0 Å². The molecule has 0 aliphatic heterocycles. The molecule has 1 N–H and O–H groups in total. The Morgan fingerprint density at radius 2 is 2.20 bits per heavy atom. The van der Waals surface area contributed by atoms with Gasteiger partial charge in [0.1, 0.15) is 17.8 Å². The van der Waals surface area contributed by atoms with Gasteiger partial charge >= 0.3 is 0 Å². The van der Waals surface area contributed by atoms with Crippen LogP contribution in [0.4, 0.5) is 5.82 Å². The van der Waals surface area contributed by atoms with E-state index in [0.717, 1.165) is 34.6 Å². The minimum Gasteiger partial charge on any atom is -0.369 e. The lowest BCUT2D eigenvalue weighted by Crippen LogP contribution is -2.07. The van der Waals surface area contributed by atoms with E-state index < -0.39 is 0 Å². The van der Waals surface area contributed by atoms with Crippen LogP contribution in [0, 0.1) is 0 Å². The van der Waals surface area contributed by atoms with E-state index in [9.17, 15) is 0 Å². The predicted octanol–water partition coefficient (Wildman–Crippen LogP) is 3.40. The van der Waals surface area contributed by atoms with Crippen molar-refractivity contribution in [3.63, 3.8) is 0 Å². The standard InChI is InChI=1S/C14H16BrN5/c1-2-6-17-14-11(15)12(9-3-4-9)19-13(20-14)10-5-7-16-8-18-10/h5,7-9H,2-4,6H2,1H3,(H,17,19,20). The fraction of sp³-hybridized carbons (Fsp3) is 0.429. The number of hydrogen-bond donors (Lipinski definition) is 1. The number of hydrogen-bond acceptors (Lipinski definition) is 5. The second-order valence-electron chi connectivity index (χ2n) is 4.89. The Morgan fingerprint density at radius 3 is 2.85 bits per heavy atom. The fourth-order valence-corrected chi connectivity index (χ4v) is 2.63. The van der Waals surface area contributed by atoms with Gasteiger partial charge in [0.25, 0.3) is 0 Å². The molecule has 0 aromatic carbocycles. The Balaban J connectivity index is 2.03. The SMILES string of the molecule is CCCNc1nc(-c2ccncn2)nc(C2CC2)c1Br. The number of nitrogens with zero attached hydrogens (tertiary/aromatic N) is 4. The number of halogens is 1. The summed E-state index contributed by atoms with van der Waals surface area (Å²) in [4.78, 5) is 17.5. The van der Waals surface area contributed by atoms with Gasteiger partial charge in [-0.15, -0.1) is 0 Å². The van der Waals surface area contributed by atoms with E-state index in [2.05, 4.69) is 48.1 Å². The quantitative estimate of drug-likeness (QED) is 0.908. The van der Waals surface area contributed by atoms with Crippen molar-refractivity contribution in [1.29, 1.82) is 0 Å². The van der Waals surface area contributed by atoms with Crippen LogP contribution >= 0.6 is 15.9 Å². The first kappa shape index (κ1) is 13.4. The summed E-state index contributed by atoms with van der Waals surface area (Å²) in [5.41, 5.74) is 1.85. The highest BCUT2D eigenvalue weighted by Gasteiger charge is 2.29. The van der Waals surface area contributed by atoms with E-state index in [0.29, 0.717) is 11.7 Å². The van der Waals surface area contributed by atoms with Gasteiger partial charge in [-0.3, -0.25) is 0 Å². The van der Waals surface area contributed by atoms with Crippen molar-refractivity contribution in [2.24, 2.45) is 0 Å². The third-order valence-corrected chi connectivity index (χ3v) is 3.98. The maximum absolute atomic E-state index is 4.69. The maximum atomic E-state index is 4.69. The summed E-state index contributed by atoms with van der Waals surface area (Å²) in [7, 11) is 0. The highest BCUT2D eigenvalue weighted by molar-refractivity contribution is 9.10. The molecule has 2 aromatic rings. The highest BCUT2D eigenvalue weighted by atomic mass is 79.9. The monoisotopic (exact) mass is 333 g/mol. The molecule has 0 unspecified atom stereocenters. The van der Waals surface area contributed by atoms with Gasteiger partial charge in [0.05, 0.1) is 10.2 Å². The summed E-state index contributed by atoms with van der Waals surface area (Å²) in [6, 6.07) is 1.84. The molecule has 3 rings (SSSR count). The highest BCUT2D eigenvalue weighted by Crippen LogP contribution is 2.44. The van der Waals surface area contributed by atoms with Gasteiger partial charge in [0.15, 0.2) is 5.82 Å². The molecule has 0 amide bonds. The zero-order valence-corrected chi connectivity index (χ0v) is 12.9. The van der Waals surface area contributed by atoms with Crippen LogP contribution in [0.1, 0.15) is 37.8 Å². The van der Waals surface area contributed by atoms with Crippen LogP contribution in [0.3, 0.4) is 0 Å². The second-order valence-corrected chi connectivity index (χ2v) is 5.68.